The summed E-state index contributed by atoms with van der Waals surface area (Å²) in [5.41, 5.74) is -1.60. The van der Waals surface area contributed by atoms with Gasteiger partial charge >= 0.3 is 49.7 Å². The second kappa shape index (κ2) is 6.95. The quantitative estimate of drug-likeness (QED) is 0.607. The number of carboxylic acids is 2. The molecule has 0 heterocycles. The van der Waals surface area contributed by atoms with Crippen molar-refractivity contribution < 1.29 is 22.7 Å². The minimum atomic E-state index is -1.60. The van der Waals surface area contributed by atoms with Crippen molar-refractivity contribution in [3.8, 4) is 0 Å². The van der Waals surface area contributed by atoms with Gasteiger partial charge in [0, 0.05) is 0 Å². The Morgan fingerprint density at radius 1 is 1.12 bits per heavy atom. The van der Waals surface area contributed by atoms with Crippen LogP contribution in [0, 0.1) is 17.3 Å². The topological polar surface area (TPSA) is 74.6 Å². The van der Waals surface area contributed by atoms with Gasteiger partial charge in [-0.15, -0.1) is 0 Å². The molecule has 0 atom stereocenters. The van der Waals surface area contributed by atoms with Crippen molar-refractivity contribution in [2.75, 3.05) is 0 Å². The molecule has 0 spiro atoms. The van der Waals surface area contributed by atoms with Crippen molar-refractivity contribution in [1.29, 1.82) is 0 Å². The van der Waals surface area contributed by atoms with Gasteiger partial charge in [0.2, 0.25) is 0 Å². The predicted molar refractivity (Wildman–Crippen MR) is 67.1 cm³/mol. The molecule has 0 aromatic rings. The summed E-state index contributed by atoms with van der Waals surface area (Å²) in [7, 11) is 0. The third-order valence-electron chi connectivity index (χ3n) is 3.87. The Kier molecular flexibility index (Phi) is 7.04. The van der Waals surface area contributed by atoms with Crippen molar-refractivity contribution in [1.82, 2.24) is 0 Å². The third kappa shape index (κ3) is 3.15. The Morgan fingerprint density at radius 2 is 1.53 bits per heavy atom. The van der Waals surface area contributed by atoms with E-state index in [1.807, 2.05) is 0 Å². The average molecular weight is 270 g/mol. The molecule has 17 heavy (non-hydrogen) atoms. The normalized spacial score (nSPS) is 17.6. The van der Waals surface area contributed by atoms with E-state index < -0.39 is 17.4 Å². The van der Waals surface area contributed by atoms with Crippen molar-refractivity contribution >= 4 is 49.7 Å². The van der Waals surface area contributed by atoms with Gasteiger partial charge in [0.1, 0.15) is 0 Å². The molecule has 0 aliphatic heterocycles. The van der Waals surface area contributed by atoms with Crippen molar-refractivity contribution in [3.05, 3.63) is 0 Å². The van der Waals surface area contributed by atoms with Crippen LogP contribution in [0.5, 0.6) is 0 Å². The summed E-state index contributed by atoms with van der Waals surface area (Å²) in [6.45, 7) is 3.38. The molecule has 96 valence electrons. The fourth-order valence-electron chi connectivity index (χ4n) is 2.96. The van der Waals surface area contributed by atoms with Crippen molar-refractivity contribution in [2.45, 2.75) is 46.0 Å². The number of hydrogen-bond donors (Lipinski definition) is 2. The molecule has 1 fully saturated rings. The van der Waals surface area contributed by atoms with E-state index in [2.05, 4.69) is 0 Å². The van der Waals surface area contributed by atoms with Crippen LogP contribution >= 0.6 is 0 Å². The van der Waals surface area contributed by atoms with Crippen LogP contribution in [0.2, 0.25) is 0 Å². The Labute approximate surface area is 135 Å². The molecule has 1 aliphatic carbocycles. The summed E-state index contributed by atoms with van der Waals surface area (Å²) in [6.07, 6.45) is 4.41. The third-order valence-corrected chi connectivity index (χ3v) is 3.87. The first-order valence-corrected chi connectivity index (χ1v) is 5.90. The van der Waals surface area contributed by atoms with Gasteiger partial charge in [-0.1, -0.05) is 33.1 Å². The molecule has 0 radical (unpaired) electrons. The maximum Gasteiger partial charge on any atom is 2.00 e. The molecular formula is C12H22CaO4. The summed E-state index contributed by atoms with van der Waals surface area (Å²) in [5.74, 6) is -2.97. The summed E-state index contributed by atoms with van der Waals surface area (Å²) in [5, 5.41) is 18.7. The molecule has 4 nitrogen and oxygen atoms in total. The number of hydrogen-bond acceptors (Lipinski definition) is 2. The van der Waals surface area contributed by atoms with Gasteiger partial charge in [0.05, 0.1) is 0 Å². The van der Waals surface area contributed by atoms with E-state index in [-0.39, 0.29) is 52.4 Å². The van der Waals surface area contributed by atoms with E-state index in [0.717, 1.165) is 32.1 Å². The summed E-state index contributed by atoms with van der Waals surface area (Å²) >= 11 is 0. The van der Waals surface area contributed by atoms with E-state index >= 15 is 0 Å². The first-order valence-electron chi connectivity index (χ1n) is 5.90. The largest absolute Gasteiger partial charge is 2.00 e. The minimum absolute atomic E-state index is 0. The number of carboxylic acid groups (broad SMARTS) is 2. The second-order valence-corrected chi connectivity index (χ2v) is 4.97. The molecule has 0 amide bonds. The Bertz CT molecular complexity index is 277. The number of aliphatic carboxylic acids is 2. The Hall–Kier alpha value is 0.200. The molecule has 2 N–H and O–H groups in total. The van der Waals surface area contributed by atoms with Crippen LogP contribution in [0.1, 0.15) is 48.8 Å². The maximum absolute atomic E-state index is 11.4. The maximum atomic E-state index is 11.4. The predicted octanol–water partition coefficient (Wildman–Crippen LogP) is 2.22. The number of rotatable bonds is 4. The SMILES string of the molecule is CC(C)C(C(=O)O)(C(=O)O)C1CCCCC1.[Ca+2].[H-].[H-]. The van der Waals surface area contributed by atoms with E-state index in [0.29, 0.717) is 0 Å². The van der Waals surface area contributed by atoms with Crippen molar-refractivity contribution in [2.24, 2.45) is 17.3 Å². The van der Waals surface area contributed by atoms with Gasteiger partial charge in [-0.3, -0.25) is 9.59 Å². The Morgan fingerprint density at radius 3 is 1.82 bits per heavy atom. The molecule has 0 bridgehead atoms. The molecule has 1 aliphatic rings. The summed E-state index contributed by atoms with van der Waals surface area (Å²) < 4.78 is 0. The first-order chi connectivity index (χ1) is 7.44. The van der Waals surface area contributed by atoms with Crippen LogP contribution in [0.4, 0.5) is 0 Å². The van der Waals surface area contributed by atoms with E-state index in [4.69, 9.17) is 0 Å². The van der Waals surface area contributed by atoms with E-state index in [1.165, 1.54) is 0 Å². The van der Waals surface area contributed by atoms with Gasteiger partial charge in [-0.2, -0.15) is 0 Å². The summed E-state index contributed by atoms with van der Waals surface area (Å²) in [6, 6.07) is 0. The van der Waals surface area contributed by atoms with Crippen molar-refractivity contribution in [3.63, 3.8) is 0 Å². The van der Waals surface area contributed by atoms with Crippen LogP contribution in [-0.2, 0) is 9.59 Å². The van der Waals surface area contributed by atoms with Gasteiger partial charge in [-0.25, -0.2) is 0 Å². The second-order valence-electron chi connectivity index (χ2n) is 4.97. The van der Waals surface area contributed by atoms with E-state index in [9.17, 15) is 19.8 Å². The minimum Gasteiger partial charge on any atom is -1.00 e. The summed E-state index contributed by atoms with van der Waals surface area (Å²) in [4.78, 5) is 22.8. The average Bonchev–Trinajstić information content (AvgIpc) is 2.18. The molecule has 1 rings (SSSR count). The molecule has 0 aromatic carbocycles. The number of carbonyl (C=O) groups is 2. The molecule has 0 unspecified atom stereocenters. The Balaban J connectivity index is -0.000000853. The van der Waals surface area contributed by atoms with Crippen LogP contribution in [0.25, 0.3) is 0 Å². The molecule has 0 aromatic heterocycles. The molecule has 1 saturated carbocycles. The monoisotopic (exact) mass is 270 g/mol. The van der Waals surface area contributed by atoms with Crippen LogP contribution in [0.3, 0.4) is 0 Å². The van der Waals surface area contributed by atoms with Gasteiger partial charge in [0.25, 0.3) is 0 Å². The van der Waals surface area contributed by atoms with Gasteiger partial charge < -0.3 is 13.1 Å². The zero-order valence-electron chi connectivity index (χ0n) is 12.6. The van der Waals surface area contributed by atoms with Gasteiger partial charge in [0.15, 0.2) is 5.41 Å². The fourth-order valence-corrected chi connectivity index (χ4v) is 2.96. The van der Waals surface area contributed by atoms with Crippen LogP contribution in [0.15, 0.2) is 0 Å². The standard InChI is InChI=1S/C12H20O4.Ca.2H/c1-8(2)12(10(13)14,11(15)16)9-6-4-3-5-7-9;;;/h8-9H,3-7H2,1-2H3,(H,13,14)(H,15,16);;;/q;+2;2*-1. The molecular weight excluding hydrogens is 248 g/mol. The molecule has 0 saturated heterocycles. The zero-order valence-corrected chi connectivity index (χ0v) is 12.8. The fraction of sp³-hybridized carbons (Fsp3) is 0.833. The first kappa shape index (κ1) is 17.2. The molecule has 5 heteroatoms. The van der Waals surface area contributed by atoms with Crippen LogP contribution < -0.4 is 0 Å². The zero-order chi connectivity index (χ0) is 12.3. The van der Waals surface area contributed by atoms with E-state index in [1.54, 1.807) is 13.8 Å². The smallest absolute Gasteiger partial charge is 1.00 e. The van der Waals surface area contributed by atoms with Crippen LogP contribution in [-0.4, -0.2) is 59.9 Å². The van der Waals surface area contributed by atoms with Gasteiger partial charge in [-0.05, 0) is 24.7 Å².